The second-order valence-electron chi connectivity index (χ2n) is 3.17. The highest BCUT2D eigenvalue weighted by Crippen LogP contribution is 2.01. The zero-order chi connectivity index (χ0) is 10.1. The molecule has 2 nitrogen and oxygen atoms in total. The van der Waals surface area contributed by atoms with Gasteiger partial charge in [-0.15, -0.1) is 0 Å². The number of allylic oxidation sites excluding steroid dienone is 1. The van der Waals surface area contributed by atoms with E-state index >= 15 is 0 Å². The molecule has 0 heterocycles. The van der Waals surface area contributed by atoms with E-state index in [1.54, 1.807) is 13.0 Å². The number of hydrogen-bond donors (Lipinski definition) is 0. The first kappa shape index (κ1) is 12.2. The minimum absolute atomic E-state index is 0.181. The van der Waals surface area contributed by atoms with Crippen molar-refractivity contribution >= 4 is 5.97 Å². The molecular formula is C11H20O2. The van der Waals surface area contributed by atoms with Gasteiger partial charge in [0.15, 0.2) is 0 Å². The molecule has 0 bridgehead atoms. The van der Waals surface area contributed by atoms with Crippen LogP contribution in [0.1, 0.15) is 46.5 Å². The Balaban J connectivity index is 3.38. The Labute approximate surface area is 81.0 Å². The Morgan fingerprint density at radius 3 is 2.54 bits per heavy atom. The molecule has 0 unspecified atom stereocenters. The maximum absolute atomic E-state index is 11.1. The lowest BCUT2D eigenvalue weighted by Gasteiger charge is -2.03. The summed E-state index contributed by atoms with van der Waals surface area (Å²) in [6.07, 6.45) is 6.34. The summed E-state index contributed by atoms with van der Waals surface area (Å²) < 4.78 is 5.03. The predicted molar refractivity (Wildman–Crippen MR) is 54.5 cm³/mol. The van der Waals surface area contributed by atoms with Crippen LogP contribution in [0, 0.1) is 0 Å². The maximum atomic E-state index is 11.1. The van der Waals surface area contributed by atoms with E-state index in [9.17, 15) is 4.79 Å². The molecule has 2 heteroatoms. The second kappa shape index (κ2) is 7.84. The Hall–Kier alpha value is -0.790. The van der Waals surface area contributed by atoms with Gasteiger partial charge in [-0.3, -0.25) is 0 Å². The molecule has 0 spiro atoms. The molecule has 0 aliphatic carbocycles. The summed E-state index contributed by atoms with van der Waals surface area (Å²) in [4.78, 5) is 11.1. The van der Waals surface area contributed by atoms with Crippen LogP contribution in [0.2, 0.25) is 0 Å². The Kier molecular flexibility index (Phi) is 7.36. The van der Waals surface area contributed by atoms with Gasteiger partial charge in [0.1, 0.15) is 0 Å². The molecule has 76 valence electrons. The molecule has 0 amide bonds. The number of carbonyl (C=O) groups is 1. The Morgan fingerprint density at radius 2 is 2.00 bits per heavy atom. The lowest BCUT2D eigenvalue weighted by molar-refractivity contribution is -0.139. The van der Waals surface area contributed by atoms with Crippen LogP contribution in [0.3, 0.4) is 0 Å². The molecule has 0 aromatic carbocycles. The Bertz CT molecular complexity index is 171. The van der Waals surface area contributed by atoms with Crippen molar-refractivity contribution in [1.82, 2.24) is 0 Å². The number of carbonyl (C=O) groups excluding carboxylic acids is 1. The van der Waals surface area contributed by atoms with E-state index in [0.29, 0.717) is 12.2 Å². The number of rotatable bonds is 6. The third-order valence-corrected chi connectivity index (χ3v) is 1.99. The quantitative estimate of drug-likeness (QED) is 0.360. The summed E-state index contributed by atoms with van der Waals surface area (Å²) in [6, 6.07) is 0. The van der Waals surface area contributed by atoms with Crippen LogP contribution in [0.5, 0.6) is 0 Å². The minimum atomic E-state index is -0.181. The van der Waals surface area contributed by atoms with Crippen LogP contribution in [0.25, 0.3) is 0 Å². The summed E-state index contributed by atoms with van der Waals surface area (Å²) in [7, 11) is 0. The molecule has 0 radical (unpaired) electrons. The van der Waals surface area contributed by atoms with Gasteiger partial charge < -0.3 is 4.74 Å². The van der Waals surface area contributed by atoms with Crippen LogP contribution < -0.4 is 0 Å². The van der Waals surface area contributed by atoms with E-state index in [1.165, 1.54) is 12.8 Å². The average Bonchev–Trinajstić information content (AvgIpc) is 2.16. The predicted octanol–water partition coefficient (Wildman–Crippen LogP) is 3.08. The third-order valence-electron chi connectivity index (χ3n) is 1.99. The summed E-state index contributed by atoms with van der Waals surface area (Å²) in [5, 5.41) is 0. The number of hydrogen-bond acceptors (Lipinski definition) is 2. The van der Waals surface area contributed by atoms with Crippen LogP contribution in [-0.2, 0) is 9.53 Å². The second-order valence-corrected chi connectivity index (χ2v) is 3.17. The van der Waals surface area contributed by atoms with Crippen molar-refractivity contribution in [2.24, 2.45) is 0 Å². The highest BCUT2D eigenvalue weighted by Gasteiger charge is 2.02. The average molecular weight is 184 g/mol. The molecule has 0 aliphatic heterocycles. The summed E-state index contributed by atoms with van der Waals surface area (Å²) >= 11 is 0. The number of ether oxygens (including phenoxy) is 1. The van der Waals surface area contributed by atoms with Gasteiger partial charge in [-0.1, -0.05) is 32.3 Å². The minimum Gasteiger partial charge on any atom is -0.462 e. The molecule has 0 rings (SSSR count). The first-order valence-electron chi connectivity index (χ1n) is 5.02. The SMILES string of the molecule is CC=C(C)C(=O)OCCCCCC. The summed E-state index contributed by atoms with van der Waals surface area (Å²) in [6.45, 7) is 6.34. The van der Waals surface area contributed by atoms with Crippen molar-refractivity contribution < 1.29 is 9.53 Å². The van der Waals surface area contributed by atoms with E-state index in [2.05, 4.69) is 6.92 Å². The highest BCUT2D eigenvalue weighted by atomic mass is 16.5. The van der Waals surface area contributed by atoms with Crippen LogP contribution in [0.15, 0.2) is 11.6 Å². The first-order valence-corrected chi connectivity index (χ1v) is 5.02. The smallest absolute Gasteiger partial charge is 0.333 e. The molecular weight excluding hydrogens is 164 g/mol. The Morgan fingerprint density at radius 1 is 1.31 bits per heavy atom. The van der Waals surface area contributed by atoms with E-state index < -0.39 is 0 Å². The topological polar surface area (TPSA) is 26.3 Å². The standard InChI is InChI=1S/C11H20O2/c1-4-6-7-8-9-13-11(12)10(3)5-2/h5H,4,6-9H2,1-3H3. The number of esters is 1. The van der Waals surface area contributed by atoms with Crippen molar-refractivity contribution in [3.63, 3.8) is 0 Å². The van der Waals surface area contributed by atoms with Crippen LogP contribution in [0.4, 0.5) is 0 Å². The molecule has 0 saturated carbocycles. The van der Waals surface area contributed by atoms with E-state index in [1.807, 2.05) is 6.92 Å². The molecule has 0 saturated heterocycles. The molecule has 0 N–H and O–H groups in total. The van der Waals surface area contributed by atoms with Gasteiger partial charge in [0.05, 0.1) is 6.61 Å². The zero-order valence-corrected chi connectivity index (χ0v) is 8.93. The summed E-state index contributed by atoms with van der Waals surface area (Å²) in [5.74, 6) is -0.181. The molecule has 0 aromatic rings. The molecule has 0 aliphatic rings. The van der Waals surface area contributed by atoms with Crippen molar-refractivity contribution in [3.05, 3.63) is 11.6 Å². The fraction of sp³-hybridized carbons (Fsp3) is 0.727. The van der Waals surface area contributed by atoms with E-state index in [-0.39, 0.29) is 5.97 Å². The molecule has 0 aromatic heterocycles. The van der Waals surface area contributed by atoms with Gasteiger partial charge >= 0.3 is 5.97 Å². The van der Waals surface area contributed by atoms with Gasteiger partial charge in [0.25, 0.3) is 0 Å². The lowest BCUT2D eigenvalue weighted by Crippen LogP contribution is -2.06. The first-order chi connectivity index (χ1) is 6.22. The summed E-state index contributed by atoms with van der Waals surface area (Å²) in [5.41, 5.74) is 0.690. The van der Waals surface area contributed by atoms with Gasteiger partial charge in [-0.2, -0.15) is 0 Å². The molecule has 0 atom stereocenters. The maximum Gasteiger partial charge on any atom is 0.333 e. The number of unbranched alkanes of at least 4 members (excludes halogenated alkanes) is 3. The van der Waals surface area contributed by atoms with Crippen molar-refractivity contribution in [2.75, 3.05) is 6.61 Å². The van der Waals surface area contributed by atoms with Gasteiger partial charge in [-0.25, -0.2) is 4.79 Å². The van der Waals surface area contributed by atoms with Gasteiger partial charge in [-0.05, 0) is 20.3 Å². The normalized spacial score (nSPS) is 11.5. The monoisotopic (exact) mass is 184 g/mol. The van der Waals surface area contributed by atoms with E-state index in [4.69, 9.17) is 4.74 Å². The third kappa shape index (κ3) is 6.38. The van der Waals surface area contributed by atoms with Crippen molar-refractivity contribution in [3.8, 4) is 0 Å². The fourth-order valence-electron chi connectivity index (χ4n) is 0.925. The van der Waals surface area contributed by atoms with Gasteiger partial charge in [0.2, 0.25) is 0 Å². The lowest BCUT2D eigenvalue weighted by atomic mass is 10.2. The molecule has 13 heavy (non-hydrogen) atoms. The van der Waals surface area contributed by atoms with Crippen molar-refractivity contribution in [1.29, 1.82) is 0 Å². The molecule has 0 fully saturated rings. The van der Waals surface area contributed by atoms with E-state index in [0.717, 1.165) is 12.8 Å². The fourth-order valence-corrected chi connectivity index (χ4v) is 0.925. The van der Waals surface area contributed by atoms with Crippen LogP contribution >= 0.6 is 0 Å². The van der Waals surface area contributed by atoms with Gasteiger partial charge in [0, 0.05) is 5.57 Å². The van der Waals surface area contributed by atoms with Crippen LogP contribution in [-0.4, -0.2) is 12.6 Å². The van der Waals surface area contributed by atoms with Crippen molar-refractivity contribution in [2.45, 2.75) is 46.5 Å². The highest BCUT2D eigenvalue weighted by molar-refractivity contribution is 5.87. The zero-order valence-electron chi connectivity index (χ0n) is 8.93. The largest absolute Gasteiger partial charge is 0.462 e.